The number of nitrogens with one attached hydrogen (secondary N) is 1. The van der Waals surface area contributed by atoms with Gasteiger partial charge in [0.1, 0.15) is 5.75 Å². The van der Waals surface area contributed by atoms with Crippen molar-refractivity contribution in [2.24, 2.45) is 0 Å². The molecule has 3 aromatic rings. The lowest BCUT2D eigenvalue weighted by Crippen LogP contribution is -2.26. The van der Waals surface area contributed by atoms with E-state index in [2.05, 4.69) is 31.6 Å². The van der Waals surface area contributed by atoms with Crippen LogP contribution in [0.25, 0.3) is 0 Å². The summed E-state index contributed by atoms with van der Waals surface area (Å²) < 4.78 is 6.12. The minimum Gasteiger partial charge on any atom is -0.496 e. The number of methoxy groups -OCH3 is 1. The number of hydrogen-bond acceptors (Lipinski definition) is 5. The van der Waals surface area contributed by atoms with Gasteiger partial charge in [-0.25, -0.2) is 4.98 Å². The Bertz CT molecular complexity index is 957. The van der Waals surface area contributed by atoms with E-state index in [1.54, 1.807) is 30.2 Å². The molecule has 0 aliphatic heterocycles. The topological polar surface area (TPSA) is 51.2 Å². The number of benzene rings is 2. The number of nitrogens with zero attached hydrogens (tertiary/aromatic N) is 1. The van der Waals surface area contributed by atoms with E-state index < -0.39 is 0 Å². The standard InChI is InChI=1S/C21H21BrN2O2S2/c1-13(16-6-9-20(26-3)19(22)10-16)23-21(25)15-4-7-18(8-5-15)28-12-17-11-27-14(2)24-17/h4-11,13H,12H2,1-3H3,(H,23,25). The number of halogens is 1. The molecule has 28 heavy (non-hydrogen) atoms. The normalized spacial score (nSPS) is 11.9. The highest BCUT2D eigenvalue weighted by atomic mass is 79.9. The highest BCUT2D eigenvalue weighted by molar-refractivity contribution is 9.10. The van der Waals surface area contributed by atoms with E-state index in [1.165, 1.54) is 0 Å². The second kappa shape index (κ2) is 9.58. The van der Waals surface area contributed by atoms with Gasteiger partial charge in [-0.1, -0.05) is 6.07 Å². The molecule has 1 N–H and O–H groups in total. The third kappa shape index (κ3) is 5.37. The Morgan fingerprint density at radius 2 is 2.04 bits per heavy atom. The van der Waals surface area contributed by atoms with Crippen LogP contribution in [0.5, 0.6) is 5.75 Å². The minimum absolute atomic E-state index is 0.0916. The molecule has 0 spiro atoms. The van der Waals surface area contributed by atoms with Crippen molar-refractivity contribution in [1.82, 2.24) is 10.3 Å². The van der Waals surface area contributed by atoms with E-state index in [9.17, 15) is 4.79 Å². The van der Waals surface area contributed by atoms with E-state index >= 15 is 0 Å². The van der Waals surface area contributed by atoms with Crippen LogP contribution in [0, 0.1) is 6.92 Å². The van der Waals surface area contributed by atoms with Crippen molar-refractivity contribution < 1.29 is 9.53 Å². The van der Waals surface area contributed by atoms with Crippen LogP contribution in [0.4, 0.5) is 0 Å². The van der Waals surface area contributed by atoms with Gasteiger partial charge in [0.05, 0.1) is 28.3 Å². The molecule has 0 aliphatic rings. The molecule has 1 amide bonds. The number of ether oxygens (including phenoxy) is 1. The van der Waals surface area contributed by atoms with Gasteiger partial charge in [-0.05, 0) is 71.7 Å². The molecule has 2 aromatic carbocycles. The molecule has 1 unspecified atom stereocenters. The zero-order valence-electron chi connectivity index (χ0n) is 15.9. The van der Waals surface area contributed by atoms with Crippen molar-refractivity contribution in [3.63, 3.8) is 0 Å². The van der Waals surface area contributed by atoms with Gasteiger partial charge >= 0.3 is 0 Å². The maximum Gasteiger partial charge on any atom is 0.251 e. The molecule has 1 aromatic heterocycles. The van der Waals surface area contributed by atoms with Gasteiger partial charge < -0.3 is 10.1 Å². The van der Waals surface area contributed by atoms with Crippen molar-refractivity contribution in [2.45, 2.75) is 30.5 Å². The first kappa shape index (κ1) is 20.9. The molecule has 0 saturated heterocycles. The molecule has 0 aliphatic carbocycles. The van der Waals surface area contributed by atoms with Crippen molar-refractivity contribution >= 4 is 44.9 Å². The number of thioether (sulfide) groups is 1. The van der Waals surface area contributed by atoms with E-state index in [-0.39, 0.29) is 11.9 Å². The SMILES string of the molecule is COc1ccc(C(C)NC(=O)c2ccc(SCc3csc(C)n3)cc2)cc1Br. The van der Waals surface area contributed by atoms with Gasteiger partial charge in [0.15, 0.2) is 0 Å². The third-order valence-corrected chi connectivity index (χ3v) is 6.68. The molecular formula is C21H21BrN2O2S2. The highest BCUT2D eigenvalue weighted by Gasteiger charge is 2.13. The monoisotopic (exact) mass is 476 g/mol. The summed E-state index contributed by atoms with van der Waals surface area (Å²) in [4.78, 5) is 18.2. The first-order valence-corrected chi connectivity index (χ1v) is 11.4. The van der Waals surface area contributed by atoms with Crippen LogP contribution in [-0.4, -0.2) is 18.0 Å². The predicted octanol–water partition coefficient (Wildman–Crippen LogP) is 6.01. The van der Waals surface area contributed by atoms with E-state index in [1.807, 2.05) is 56.3 Å². The van der Waals surface area contributed by atoms with Crippen LogP contribution in [0.1, 0.15) is 39.6 Å². The lowest BCUT2D eigenvalue weighted by molar-refractivity contribution is 0.0940. The zero-order chi connectivity index (χ0) is 20.1. The molecule has 0 saturated carbocycles. The Labute approximate surface area is 181 Å². The van der Waals surface area contributed by atoms with Crippen molar-refractivity contribution in [3.05, 3.63) is 74.1 Å². The summed E-state index contributed by atoms with van der Waals surface area (Å²) in [7, 11) is 1.63. The lowest BCUT2D eigenvalue weighted by atomic mass is 10.1. The Balaban J connectivity index is 1.58. The molecule has 1 heterocycles. The average molecular weight is 477 g/mol. The Morgan fingerprint density at radius 3 is 2.64 bits per heavy atom. The summed E-state index contributed by atoms with van der Waals surface area (Å²) in [6.07, 6.45) is 0. The molecule has 7 heteroatoms. The van der Waals surface area contributed by atoms with E-state index in [0.29, 0.717) is 5.56 Å². The number of thiazole rings is 1. The van der Waals surface area contributed by atoms with Gasteiger partial charge in [0.2, 0.25) is 0 Å². The van der Waals surface area contributed by atoms with E-state index in [4.69, 9.17) is 4.74 Å². The Hall–Kier alpha value is -1.83. The van der Waals surface area contributed by atoms with Gasteiger partial charge in [-0.2, -0.15) is 0 Å². The number of amides is 1. The number of carbonyl (C=O) groups is 1. The van der Waals surface area contributed by atoms with Crippen molar-refractivity contribution in [1.29, 1.82) is 0 Å². The lowest BCUT2D eigenvalue weighted by Gasteiger charge is -2.16. The fourth-order valence-electron chi connectivity index (χ4n) is 2.65. The van der Waals surface area contributed by atoms with E-state index in [0.717, 1.165) is 37.1 Å². The van der Waals surface area contributed by atoms with Crippen molar-refractivity contribution in [3.8, 4) is 5.75 Å². The molecule has 0 bridgehead atoms. The highest BCUT2D eigenvalue weighted by Crippen LogP contribution is 2.28. The first-order valence-electron chi connectivity index (χ1n) is 8.74. The van der Waals surface area contributed by atoms with Gasteiger partial charge in [0.25, 0.3) is 5.91 Å². The Kier molecular flexibility index (Phi) is 7.15. The number of aryl methyl sites for hydroxylation is 1. The van der Waals surface area contributed by atoms with Gasteiger partial charge in [-0.15, -0.1) is 23.1 Å². The Morgan fingerprint density at radius 1 is 1.29 bits per heavy atom. The quantitative estimate of drug-likeness (QED) is 0.424. The average Bonchev–Trinajstić information content (AvgIpc) is 3.11. The number of rotatable bonds is 7. The third-order valence-electron chi connectivity index (χ3n) is 4.19. The zero-order valence-corrected chi connectivity index (χ0v) is 19.1. The molecule has 4 nitrogen and oxygen atoms in total. The van der Waals surface area contributed by atoms with Crippen LogP contribution >= 0.6 is 39.0 Å². The summed E-state index contributed by atoms with van der Waals surface area (Å²) >= 11 is 6.87. The minimum atomic E-state index is -0.114. The fourth-order valence-corrected chi connectivity index (χ4v) is 4.72. The number of hydrogen-bond donors (Lipinski definition) is 1. The molecular weight excluding hydrogens is 456 g/mol. The molecule has 0 fully saturated rings. The molecule has 3 rings (SSSR count). The van der Waals surface area contributed by atoms with Crippen molar-refractivity contribution in [2.75, 3.05) is 7.11 Å². The van der Waals surface area contributed by atoms with Crippen LogP contribution < -0.4 is 10.1 Å². The molecule has 0 radical (unpaired) electrons. The van der Waals surface area contributed by atoms with Gasteiger partial charge in [0, 0.05) is 21.6 Å². The van der Waals surface area contributed by atoms with Crippen LogP contribution in [0.3, 0.4) is 0 Å². The summed E-state index contributed by atoms with van der Waals surface area (Å²) in [6.45, 7) is 3.98. The predicted molar refractivity (Wildman–Crippen MR) is 119 cm³/mol. The number of carbonyl (C=O) groups excluding carboxylic acids is 1. The maximum atomic E-state index is 12.6. The van der Waals surface area contributed by atoms with Crippen LogP contribution in [0.2, 0.25) is 0 Å². The summed E-state index contributed by atoms with van der Waals surface area (Å²) in [6, 6.07) is 13.4. The number of aromatic nitrogens is 1. The summed E-state index contributed by atoms with van der Waals surface area (Å²) in [5, 5.41) is 6.21. The smallest absolute Gasteiger partial charge is 0.251 e. The van der Waals surface area contributed by atoms with Crippen LogP contribution in [-0.2, 0) is 5.75 Å². The second-order valence-electron chi connectivity index (χ2n) is 6.26. The largest absolute Gasteiger partial charge is 0.496 e. The molecule has 146 valence electrons. The second-order valence-corrected chi connectivity index (χ2v) is 9.23. The first-order chi connectivity index (χ1) is 13.5. The van der Waals surface area contributed by atoms with Gasteiger partial charge in [-0.3, -0.25) is 4.79 Å². The fraction of sp³-hybridized carbons (Fsp3) is 0.238. The molecule has 1 atom stereocenters. The maximum absolute atomic E-state index is 12.6. The van der Waals surface area contributed by atoms with Crippen LogP contribution in [0.15, 0.2) is 57.2 Å². The summed E-state index contributed by atoms with van der Waals surface area (Å²) in [5.41, 5.74) is 2.74. The summed E-state index contributed by atoms with van der Waals surface area (Å²) in [5.74, 6) is 1.51.